The summed E-state index contributed by atoms with van der Waals surface area (Å²) in [5.74, 6) is 0. The lowest BCUT2D eigenvalue weighted by Crippen LogP contribution is -2.44. The second-order valence-electron chi connectivity index (χ2n) is 8.61. The molecular formula is C19H28ClN4O9P. The number of aliphatic hydroxyl groups is 4. The summed E-state index contributed by atoms with van der Waals surface area (Å²) in [7, 11) is -5.09. The highest BCUT2D eigenvalue weighted by Crippen LogP contribution is 2.51. The molecule has 3 heterocycles. The van der Waals surface area contributed by atoms with Crippen molar-refractivity contribution < 1.29 is 44.3 Å². The molecule has 2 fully saturated rings. The van der Waals surface area contributed by atoms with Crippen molar-refractivity contribution in [1.82, 2.24) is 14.8 Å². The van der Waals surface area contributed by atoms with E-state index in [0.29, 0.717) is 17.1 Å². The van der Waals surface area contributed by atoms with Gasteiger partial charge in [-0.3, -0.25) is 4.57 Å². The van der Waals surface area contributed by atoms with Crippen LogP contribution in [-0.2, 0) is 14.0 Å². The lowest BCUT2D eigenvalue weighted by molar-refractivity contribution is -0.121. The van der Waals surface area contributed by atoms with Crippen molar-refractivity contribution in [2.75, 3.05) is 25.1 Å². The van der Waals surface area contributed by atoms with Gasteiger partial charge in [-0.25, -0.2) is 9.67 Å². The molecule has 0 radical (unpaired) electrons. The van der Waals surface area contributed by atoms with Crippen LogP contribution in [-0.4, -0.2) is 94.5 Å². The van der Waals surface area contributed by atoms with Crippen LogP contribution in [0.15, 0.2) is 12.3 Å². The normalized spacial score (nSPS) is 26.6. The second-order valence-corrected chi connectivity index (χ2v) is 10.9. The van der Waals surface area contributed by atoms with Crippen molar-refractivity contribution in [2.45, 2.75) is 61.6 Å². The summed E-state index contributed by atoms with van der Waals surface area (Å²) in [6.07, 6.45) is 0.409. The van der Waals surface area contributed by atoms with Crippen molar-refractivity contribution in [1.29, 1.82) is 0 Å². The van der Waals surface area contributed by atoms with Crippen LogP contribution < -0.4 is 5.32 Å². The molecule has 13 nitrogen and oxygen atoms in total. The number of fused-ring (bicyclic) bond motifs is 1. The number of aromatic nitrogens is 3. The quantitative estimate of drug-likeness (QED) is 0.171. The Morgan fingerprint density at radius 2 is 1.91 bits per heavy atom. The summed E-state index contributed by atoms with van der Waals surface area (Å²) in [4.78, 5) is 23.2. The third-order valence-corrected chi connectivity index (χ3v) is 8.04. The molecule has 1 saturated heterocycles. The van der Waals surface area contributed by atoms with E-state index in [1.165, 1.54) is 4.68 Å². The maximum absolute atomic E-state index is 11.7. The van der Waals surface area contributed by atoms with Gasteiger partial charge in [-0.2, -0.15) is 5.10 Å². The van der Waals surface area contributed by atoms with Crippen LogP contribution in [0.4, 0.5) is 5.69 Å². The zero-order valence-electron chi connectivity index (χ0n) is 18.1. The van der Waals surface area contributed by atoms with Gasteiger partial charge in [-0.05, 0) is 18.9 Å². The minimum Gasteiger partial charge on any atom is -0.393 e. The predicted molar refractivity (Wildman–Crippen MR) is 119 cm³/mol. The largest absolute Gasteiger partial charge is 0.393 e. The summed E-state index contributed by atoms with van der Waals surface area (Å²) in [5.41, 5.74) is 1.04. The minimum atomic E-state index is -5.09. The van der Waals surface area contributed by atoms with E-state index < -0.39 is 57.3 Å². The SMILES string of the molecule is O=P(O)(O)C(CO)(CO)OC[C@H]1O[C@@H](n2ncc3c(NC4CCCC4)cc(Cl)nc32)[C@H](O)[C@@H]1O. The van der Waals surface area contributed by atoms with E-state index in [-0.39, 0.29) is 5.15 Å². The zero-order chi connectivity index (χ0) is 24.7. The Bertz CT molecular complexity index is 1060. The Morgan fingerprint density at radius 3 is 2.53 bits per heavy atom. The highest BCUT2D eigenvalue weighted by Gasteiger charge is 2.51. The molecule has 1 aliphatic carbocycles. The number of aliphatic hydroxyl groups excluding tert-OH is 4. The molecule has 7 N–H and O–H groups in total. The fourth-order valence-electron chi connectivity index (χ4n) is 4.30. The summed E-state index contributed by atoms with van der Waals surface area (Å²) < 4.78 is 23.8. The molecule has 4 atom stereocenters. The van der Waals surface area contributed by atoms with Crippen molar-refractivity contribution in [3.63, 3.8) is 0 Å². The Labute approximate surface area is 199 Å². The standard InChI is InChI=1S/C19H28ClN4O9P/c20-14-5-12(22-10-3-1-2-4-10)11-6-21-24(17(11)23-14)18-16(28)15(27)13(33-18)7-32-19(8-25,9-26)34(29,30)31/h5-6,10,13,15-16,18,25-28H,1-4,7-9H2,(H,22,23)(H2,29,30,31)/t13-,15-,16-,18-/m1/s1. The van der Waals surface area contributed by atoms with Gasteiger partial charge in [-0.15, -0.1) is 0 Å². The molecule has 0 bridgehead atoms. The molecule has 1 aliphatic heterocycles. The van der Waals surface area contributed by atoms with Crippen molar-refractivity contribution >= 4 is 35.9 Å². The third kappa shape index (κ3) is 4.70. The summed E-state index contributed by atoms with van der Waals surface area (Å²) in [6.45, 7) is -2.99. The number of anilines is 1. The maximum Gasteiger partial charge on any atom is 0.361 e. The molecule has 0 amide bonds. The number of hydrogen-bond donors (Lipinski definition) is 7. The van der Waals surface area contributed by atoms with Crippen LogP contribution in [0.5, 0.6) is 0 Å². The molecule has 1 saturated carbocycles. The number of ether oxygens (including phenoxy) is 2. The minimum absolute atomic E-state index is 0.194. The first-order chi connectivity index (χ1) is 16.1. The third-order valence-electron chi connectivity index (χ3n) is 6.37. The van der Waals surface area contributed by atoms with E-state index in [9.17, 15) is 34.8 Å². The molecule has 2 aromatic heterocycles. The molecule has 0 unspecified atom stereocenters. The van der Waals surface area contributed by atoms with E-state index in [0.717, 1.165) is 31.4 Å². The van der Waals surface area contributed by atoms with Crippen LogP contribution in [0.1, 0.15) is 31.9 Å². The number of nitrogens with zero attached hydrogens (tertiary/aromatic N) is 3. The van der Waals surface area contributed by atoms with Gasteiger partial charge in [0.05, 0.1) is 37.1 Å². The molecular weight excluding hydrogens is 495 g/mol. The zero-order valence-corrected chi connectivity index (χ0v) is 19.7. The Morgan fingerprint density at radius 1 is 1.24 bits per heavy atom. The first kappa shape index (κ1) is 25.7. The van der Waals surface area contributed by atoms with E-state index >= 15 is 0 Å². The molecule has 190 valence electrons. The average Bonchev–Trinajstić information content (AvgIpc) is 3.50. The number of halogens is 1. The molecule has 0 aromatic carbocycles. The van der Waals surface area contributed by atoms with Gasteiger partial charge < -0.3 is 45.0 Å². The molecule has 4 rings (SSSR count). The van der Waals surface area contributed by atoms with Crippen molar-refractivity contribution in [3.8, 4) is 0 Å². The number of nitrogens with one attached hydrogen (secondary N) is 1. The second kappa shape index (κ2) is 9.94. The smallest absolute Gasteiger partial charge is 0.361 e. The number of rotatable bonds is 9. The molecule has 15 heteroatoms. The predicted octanol–water partition coefficient (Wildman–Crippen LogP) is -0.0664. The lowest BCUT2D eigenvalue weighted by Gasteiger charge is -2.31. The van der Waals surface area contributed by atoms with E-state index in [2.05, 4.69) is 15.4 Å². The highest BCUT2D eigenvalue weighted by atomic mass is 35.5. The molecule has 2 aromatic rings. The lowest BCUT2D eigenvalue weighted by atomic mass is 10.1. The van der Waals surface area contributed by atoms with Gasteiger partial charge in [-0.1, -0.05) is 24.4 Å². The number of pyridine rings is 1. The van der Waals surface area contributed by atoms with Gasteiger partial charge in [0, 0.05) is 6.04 Å². The van der Waals surface area contributed by atoms with Crippen molar-refractivity contribution in [3.05, 3.63) is 17.4 Å². The fraction of sp³-hybridized carbons (Fsp3) is 0.684. The van der Waals surface area contributed by atoms with Crippen LogP contribution >= 0.6 is 19.2 Å². The monoisotopic (exact) mass is 522 g/mol. The van der Waals surface area contributed by atoms with E-state index in [1.54, 1.807) is 12.3 Å². The van der Waals surface area contributed by atoms with Crippen LogP contribution in [0.25, 0.3) is 11.0 Å². The first-order valence-corrected chi connectivity index (χ1v) is 12.8. The summed E-state index contributed by atoms with van der Waals surface area (Å²) in [6, 6.07) is 1.99. The van der Waals surface area contributed by atoms with Gasteiger partial charge in [0.1, 0.15) is 23.5 Å². The molecule has 34 heavy (non-hydrogen) atoms. The highest BCUT2D eigenvalue weighted by molar-refractivity contribution is 7.53. The van der Waals surface area contributed by atoms with Crippen LogP contribution in [0, 0.1) is 0 Å². The Balaban J connectivity index is 1.56. The fourth-order valence-corrected chi connectivity index (χ4v) is 5.10. The Hall–Kier alpha value is -1.38. The number of hydrogen-bond acceptors (Lipinski definition) is 10. The van der Waals surface area contributed by atoms with Crippen LogP contribution in [0.3, 0.4) is 0 Å². The average molecular weight is 523 g/mol. The van der Waals surface area contributed by atoms with Crippen LogP contribution in [0.2, 0.25) is 5.15 Å². The van der Waals surface area contributed by atoms with Gasteiger partial charge >= 0.3 is 7.60 Å². The molecule has 2 aliphatic rings. The van der Waals surface area contributed by atoms with Gasteiger partial charge in [0.2, 0.25) is 5.34 Å². The first-order valence-electron chi connectivity index (χ1n) is 10.8. The van der Waals surface area contributed by atoms with Gasteiger partial charge in [0.15, 0.2) is 11.9 Å². The van der Waals surface area contributed by atoms with E-state index in [4.69, 9.17) is 21.1 Å². The summed E-state index contributed by atoms with van der Waals surface area (Å²) >= 11 is 6.23. The molecule has 0 spiro atoms. The maximum atomic E-state index is 11.7. The topological polar surface area (TPSA) is 200 Å². The summed E-state index contributed by atoms with van der Waals surface area (Å²) in [5, 5.41) is 45.9. The van der Waals surface area contributed by atoms with E-state index in [1.807, 2.05) is 0 Å². The van der Waals surface area contributed by atoms with Crippen molar-refractivity contribution in [2.24, 2.45) is 0 Å². The van der Waals surface area contributed by atoms with Gasteiger partial charge in [0.25, 0.3) is 0 Å². The Kier molecular flexibility index (Phi) is 7.51.